The molecule has 0 aliphatic rings. The van der Waals surface area contributed by atoms with Crippen LogP contribution < -0.4 is 11.1 Å². The molecule has 0 unspecified atom stereocenters. The first kappa shape index (κ1) is 21.3. The predicted octanol–water partition coefficient (Wildman–Crippen LogP) is 4.08. The van der Waals surface area contributed by atoms with Gasteiger partial charge in [0.05, 0.1) is 27.8 Å². The highest BCUT2D eigenvalue weighted by Crippen LogP contribution is 2.33. The number of nitrogens with one attached hydrogen (secondary N) is 1. The van der Waals surface area contributed by atoms with E-state index in [1.54, 1.807) is 50.2 Å². The van der Waals surface area contributed by atoms with Crippen LogP contribution in [-0.4, -0.2) is 28.3 Å². The number of aliphatic hydroxyl groups is 1. The van der Waals surface area contributed by atoms with E-state index in [-0.39, 0.29) is 6.42 Å². The average Bonchev–Trinajstić information content (AvgIpc) is 2.52. The van der Waals surface area contributed by atoms with E-state index in [2.05, 4.69) is 5.32 Å². The van der Waals surface area contributed by atoms with Crippen molar-refractivity contribution < 1.29 is 15.0 Å². The van der Waals surface area contributed by atoms with Gasteiger partial charge in [-0.15, -0.1) is 0 Å². The van der Waals surface area contributed by atoms with E-state index in [1.165, 1.54) is 0 Å². The Kier molecular flexibility index (Phi) is 8.19. The summed E-state index contributed by atoms with van der Waals surface area (Å²) in [5.74, 6) is -0.889. The van der Waals surface area contributed by atoms with Gasteiger partial charge in [0, 0.05) is 12.2 Å². The first-order valence-corrected chi connectivity index (χ1v) is 8.33. The number of carbonyl (C=O) groups is 1. The number of rotatable bonds is 5. The molecule has 0 spiro atoms. The van der Waals surface area contributed by atoms with E-state index in [4.69, 9.17) is 39.1 Å². The quantitative estimate of drug-likeness (QED) is 0.622. The van der Waals surface area contributed by atoms with E-state index in [9.17, 15) is 4.79 Å². The summed E-state index contributed by atoms with van der Waals surface area (Å²) >= 11 is 12.1. The van der Waals surface area contributed by atoms with E-state index >= 15 is 0 Å². The molecule has 0 fully saturated rings. The van der Waals surface area contributed by atoms with Crippen LogP contribution in [0.25, 0.3) is 0 Å². The minimum absolute atomic E-state index is 0.0642. The number of carboxylic acid groups (broad SMARTS) is 1. The van der Waals surface area contributed by atoms with Gasteiger partial charge in [-0.1, -0.05) is 47.5 Å². The fraction of sp³-hybridized carbons (Fsp3) is 0.278. The van der Waals surface area contributed by atoms with Crippen molar-refractivity contribution >= 4 is 40.5 Å². The third-order valence-electron chi connectivity index (χ3n) is 3.08. The van der Waals surface area contributed by atoms with E-state index < -0.39 is 11.6 Å². The number of anilines is 2. The van der Waals surface area contributed by atoms with Crippen LogP contribution in [0.5, 0.6) is 0 Å². The van der Waals surface area contributed by atoms with Gasteiger partial charge in [-0.25, -0.2) is 0 Å². The second-order valence-electron chi connectivity index (χ2n) is 5.97. The minimum Gasteiger partial charge on any atom is -0.481 e. The first-order valence-electron chi connectivity index (χ1n) is 7.57. The summed E-state index contributed by atoms with van der Waals surface area (Å²) in [5, 5.41) is 21.6. The Hall–Kier alpha value is -1.79. The van der Waals surface area contributed by atoms with Gasteiger partial charge in [0.15, 0.2) is 0 Å². The number of halogens is 2. The van der Waals surface area contributed by atoms with Crippen molar-refractivity contribution in [3.8, 4) is 0 Å². The predicted molar refractivity (Wildman–Crippen MR) is 103 cm³/mol. The molecule has 0 aliphatic carbocycles. The lowest BCUT2D eigenvalue weighted by Crippen LogP contribution is -2.29. The highest BCUT2D eigenvalue weighted by molar-refractivity contribution is 6.39. The fourth-order valence-electron chi connectivity index (χ4n) is 1.71. The van der Waals surface area contributed by atoms with Gasteiger partial charge in [-0.2, -0.15) is 0 Å². The third-order valence-corrected chi connectivity index (χ3v) is 3.71. The molecule has 2 rings (SSSR count). The van der Waals surface area contributed by atoms with Crippen molar-refractivity contribution in [1.82, 2.24) is 0 Å². The number of aliphatic carboxylic acids is 1. The topological polar surface area (TPSA) is 95.6 Å². The van der Waals surface area contributed by atoms with Gasteiger partial charge in [0.2, 0.25) is 0 Å². The summed E-state index contributed by atoms with van der Waals surface area (Å²) in [6, 6.07) is 12.3. The van der Waals surface area contributed by atoms with Crippen LogP contribution in [-0.2, 0) is 11.2 Å². The molecule has 5 N–H and O–H groups in total. The molecule has 0 atom stereocenters. The lowest BCUT2D eigenvalue weighted by Gasteiger charge is -2.13. The summed E-state index contributed by atoms with van der Waals surface area (Å²) in [6.07, 6.45) is -0.0642. The summed E-state index contributed by atoms with van der Waals surface area (Å²) in [5.41, 5.74) is 6.30. The molecular weight excluding hydrogens is 363 g/mol. The Labute approximate surface area is 157 Å². The summed E-state index contributed by atoms with van der Waals surface area (Å²) < 4.78 is 0. The first-order chi connectivity index (χ1) is 11.6. The molecule has 7 heteroatoms. The molecule has 0 saturated heterocycles. The molecule has 2 aromatic carbocycles. The van der Waals surface area contributed by atoms with Crippen molar-refractivity contribution in [3.05, 3.63) is 58.1 Å². The largest absolute Gasteiger partial charge is 0.481 e. The van der Waals surface area contributed by atoms with Crippen molar-refractivity contribution in [1.29, 1.82) is 0 Å². The van der Waals surface area contributed by atoms with Crippen molar-refractivity contribution in [2.75, 3.05) is 11.9 Å². The Balaban J connectivity index is 0.000000450. The van der Waals surface area contributed by atoms with E-state index in [0.29, 0.717) is 33.5 Å². The molecule has 0 amide bonds. The van der Waals surface area contributed by atoms with Crippen LogP contribution in [0.2, 0.25) is 10.0 Å². The number of carboxylic acids is 1. The summed E-state index contributed by atoms with van der Waals surface area (Å²) in [6.45, 7) is 3.67. The minimum atomic E-state index is -0.889. The van der Waals surface area contributed by atoms with Crippen molar-refractivity contribution in [2.24, 2.45) is 5.73 Å². The van der Waals surface area contributed by atoms with Gasteiger partial charge < -0.3 is 21.3 Å². The fourth-order valence-corrected chi connectivity index (χ4v) is 2.20. The Morgan fingerprint density at radius 3 is 2.12 bits per heavy atom. The molecule has 0 aromatic heterocycles. The SMILES string of the molecule is CC(C)(O)CN.O=C(O)Cc1ccccc1Nc1c(Cl)cccc1Cl. The monoisotopic (exact) mass is 384 g/mol. The molecular formula is C18H22Cl2N2O3. The summed E-state index contributed by atoms with van der Waals surface area (Å²) in [7, 11) is 0. The van der Waals surface area contributed by atoms with Crippen LogP contribution in [0, 0.1) is 0 Å². The maximum atomic E-state index is 10.8. The average molecular weight is 385 g/mol. The highest BCUT2D eigenvalue weighted by atomic mass is 35.5. The smallest absolute Gasteiger partial charge is 0.307 e. The van der Waals surface area contributed by atoms with Crippen LogP contribution >= 0.6 is 23.2 Å². The molecule has 25 heavy (non-hydrogen) atoms. The van der Waals surface area contributed by atoms with Crippen molar-refractivity contribution in [2.45, 2.75) is 25.9 Å². The number of nitrogens with two attached hydrogens (primary N) is 1. The Morgan fingerprint density at radius 2 is 1.64 bits per heavy atom. The zero-order valence-electron chi connectivity index (χ0n) is 14.1. The Morgan fingerprint density at radius 1 is 1.12 bits per heavy atom. The lowest BCUT2D eigenvalue weighted by atomic mass is 10.1. The highest BCUT2D eigenvalue weighted by Gasteiger charge is 2.10. The van der Waals surface area contributed by atoms with Gasteiger partial charge in [-0.3, -0.25) is 4.79 Å². The van der Waals surface area contributed by atoms with E-state index in [1.807, 2.05) is 6.07 Å². The zero-order valence-corrected chi connectivity index (χ0v) is 15.6. The second-order valence-corrected chi connectivity index (χ2v) is 6.78. The number of hydrogen-bond donors (Lipinski definition) is 4. The van der Waals surface area contributed by atoms with Gasteiger partial charge in [-0.05, 0) is 37.6 Å². The number of para-hydroxylation sites is 2. The van der Waals surface area contributed by atoms with Crippen LogP contribution in [0.4, 0.5) is 11.4 Å². The molecule has 2 aromatic rings. The van der Waals surface area contributed by atoms with Crippen molar-refractivity contribution in [3.63, 3.8) is 0 Å². The van der Waals surface area contributed by atoms with Crippen LogP contribution in [0.15, 0.2) is 42.5 Å². The lowest BCUT2D eigenvalue weighted by molar-refractivity contribution is -0.136. The van der Waals surface area contributed by atoms with E-state index in [0.717, 1.165) is 0 Å². The maximum absolute atomic E-state index is 10.8. The number of hydrogen-bond acceptors (Lipinski definition) is 4. The van der Waals surface area contributed by atoms with Gasteiger partial charge in [0.25, 0.3) is 0 Å². The Bertz CT molecular complexity index is 695. The normalized spacial score (nSPS) is 10.6. The molecule has 0 saturated carbocycles. The molecule has 136 valence electrons. The third kappa shape index (κ3) is 7.75. The maximum Gasteiger partial charge on any atom is 0.307 e. The molecule has 0 heterocycles. The van der Waals surface area contributed by atoms with Gasteiger partial charge >= 0.3 is 5.97 Å². The second kappa shape index (κ2) is 9.63. The standard InChI is InChI=1S/C14H11Cl2NO2.C4H11NO/c15-10-5-3-6-11(16)14(10)17-12-7-2-1-4-9(12)8-13(18)19;1-4(2,6)3-5/h1-7,17H,8H2,(H,18,19);6H,3,5H2,1-2H3. The van der Waals surface area contributed by atoms with Crippen LogP contribution in [0.1, 0.15) is 19.4 Å². The molecule has 0 bridgehead atoms. The molecule has 0 aliphatic heterocycles. The molecule has 0 radical (unpaired) electrons. The molecule has 5 nitrogen and oxygen atoms in total. The number of benzene rings is 2. The summed E-state index contributed by atoms with van der Waals surface area (Å²) in [4.78, 5) is 10.8. The van der Waals surface area contributed by atoms with Crippen LogP contribution in [0.3, 0.4) is 0 Å². The zero-order chi connectivity index (χ0) is 19.0. The van der Waals surface area contributed by atoms with Gasteiger partial charge in [0.1, 0.15) is 0 Å².